The first-order valence-corrected chi connectivity index (χ1v) is 3.39. The van der Waals surface area contributed by atoms with Crippen molar-refractivity contribution in [3.63, 3.8) is 0 Å². The maximum Gasteiger partial charge on any atom is 0.119 e. The number of nitrogens with zero attached hydrogens (tertiary/aromatic N) is 3. The van der Waals surface area contributed by atoms with Gasteiger partial charge in [0.15, 0.2) is 0 Å². The van der Waals surface area contributed by atoms with E-state index in [1.54, 1.807) is 0 Å². The van der Waals surface area contributed by atoms with Crippen molar-refractivity contribution in [3.8, 4) is 0 Å². The molecule has 0 bridgehead atoms. The molecule has 38 valence electrons. The average Bonchev–Trinajstić information content (AvgIpc) is 1.96. The van der Waals surface area contributed by atoms with E-state index in [0.29, 0.717) is 18.1 Å². The van der Waals surface area contributed by atoms with Crippen LogP contribution in [-0.2, 0) is 18.1 Å². The first-order valence-electron chi connectivity index (χ1n) is 1.90. The van der Waals surface area contributed by atoms with Gasteiger partial charge in [-0.15, -0.1) is 0 Å². The Morgan fingerprint density at radius 1 is 0.875 bits per heavy atom. The molecule has 0 aromatic carbocycles. The van der Waals surface area contributed by atoms with E-state index in [1.807, 2.05) is 0 Å². The topological polar surface area (TPSA) is 62.5 Å². The summed E-state index contributed by atoms with van der Waals surface area (Å²) in [6.45, 7) is 0. The molecule has 0 radical (unpaired) electrons. The fourth-order valence-electron chi connectivity index (χ4n) is 0.205. The summed E-state index contributed by atoms with van der Waals surface area (Å²) in [6.07, 6.45) is 4.31. The summed E-state index contributed by atoms with van der Waals surface area (Å²) in [4.78, 5) is 10.7. The molecule has 8 heavy (non-hydrogen) atoms. The SMILES string of the molecule is [NH]=[Zn].c1ncncn1. The maximum absolute atomic E-state index is 5.88. The molecule has 0 aliphatic carbocycles. The van der Waals surface area contributed by atoms with Crippen molar-refractivity contribution in [1.29, 1.82) is 4.10 Å². The molecule has 1 rings (SSSR count). The van der Waals surface area contributed by atoms with Crippen molar-refractivity contribution in [3.05, 3.63) is 19.0 Å². The Bertz CT molecular complexity index is 94.1. The van der Waals surface area contributed by atoms with Crippen LogP contribution in [0.5, 0.6) is 0 Å². The van der Waals surface area contributed by atoms with E-state index in [-0.39, 0.29) is 0 Å². The molecule has 1 N–H and O–H groups in total. The minimum absolute atomic E-state index is 0.625. The predicted octanol–water partition coefficient (Wildman–Crippen LogP) is 0.167. The third kappa shape index (κ3) is 3.62. The normalized spacial score (nSPS) is 6.75. The van der Waals surface area contributed by atoms with Gasteiger partial charge < -0.3 is 0 Å². The molecule has 0 saturated carbocycles. The van der Waals surface area contributed by atoms with E-state index in [1.165, 1.54) is 19.0 Å². The third-order valence-electron chi connectivity index (χ3n) is 0.400. The van der Waals surface area contributed by atoms with Gasteiger partial charge in [-0.2, -0.15) is 0 Å². The number of hydrogen-bond acceptors (Lipinski definition) is 4. The van der Waals surface area contributed by atoms with Gasteiger partial charge in [0.25, 0.3) is 0 Å². The molecular formula is C3H4N4Zn. The fourth-order valence-corrected chi connectivity index (χ4v) is 0.205. The van der Waals surface area contributed by atoms with Crippen LogP contribution in [0, 0.1) is 4.10 Å². The Hall–Kier alpha value is -0.567. The molecule has 0 aliphatic rings. The monoisotopic (exact) mass is 160 g/mol. The van der Waals surface area contributed by atoms with Crippen LogP contribution in [0.2, 0.25) is 0 Å². The van der Waals surface area contributed by atoms with E-state index < -0.39 is 0 Å². The molecule has 5 heteroatoms. The molecule has 0 unspecified atom stereocenters. The van der Waals surface area contributed by atoms with Crippen LogP contribution in [0.25, 0.3) is 0 Å². The summed E-state index contributed by atoms with van der Waals surface area (Å²) in [5.41, 5.74) is 0. The first-order chi connectivity index (χ1) is 4.00. The maximum atomic E-state index is 5.88. The minimum Gasteiger partial charge on any atom is -0.225 e. The van der Waals surface area contributed by atoms with Gasteiger partial charge in [-0.25, -0.2) is 15.0 Å². The Morgan fingerprint density at radius 2 is 1.12 bits per heavy atom. The molecule has 0 aliphatic heterocycles. The third-order valence-corrected chi connectivity index (χ3v) is 0.400. The van der Waals surface area contributed by atoms with Crippen LogP contribution in [-0.4, -0.2) is 15.0 Å². The first kappa shape index (κ1) is 7.43. The van der Waals surface area contributed by atoms with Gasteiger partial charge in [-0.05, 0) is 0 Å². The molecule has 0 fully saturated rings. The summed E-state index contributed by atoms with van der Waals surface area (Å²) in [5, 5.41) is 0. The Labute approximate surface area is 56.7 Å². The summed E-state index contributed by atoms with van der Waals surface area (Å²) >= 11 is 0.625. The second-order valence-electron chi connectivity index (χ2n) is 0.794. The number of nitrogens with one attached hydrogen (secondary N) is 1. The van der Waals surface area contributed by atoms with E-state index in [0.717, 1.165) is 0 Å². The van der Waals surface area contributed by atoms with Gasteiger partial charge in [-0.3, -0.25) is 0 Å². The zero-order chi connectivity index (χ0) is 6.24. The molecule has 1 aromatic heterocycles. The quantitative estimate of drug-likeness (QED) is 0.552. The second-order valence-corrected chi connectivity index (χ2v) is 0.794. The number of hydrogen-bond donors (Lipinski definition) is 1. The molecule has 4 nitrogen and oxygen atoms in total. The van der Waals surface area contributed by atoms with Crippen LogP contribution in [0.4, 0.5) is 0 Å². The molecule has 0 saturated heterocycles. The summed E-state index contributed by atoms with van der Waals surface area (Å²) in [6, 6.07) is 0. The van der Waals surface area contributed by atoms with E-state index >= 15 is 0 Å². The summed E-state index contributed by atoms with van der Waals surface area (Å²) in [7, 11) is 0. The summed E-state index contributed by atoms with van der Waals surface area (Å²) in [5.74, 6) is 0. The predicted molar refractivity (Wildman–Crippen MR) is 22.5 cm³/mol. The van der Waals surface area contributed by atoms with Crippen molar-refractivity contribution in [2.75, 3.05) is 0 Å². The Kier molecular flexibility index (Phi) is 5.98. The van der Waals surface area contributed by atoms with E-state index in [2.05, 4.69) is 15.0 Å². The molecule has 1 heterocycles. The van der Waals surface area contributed by atoms with Gasteiger partial charge in [0.2, 0.25) is 0 Å². The van der Waals surface area contributed by atoms with Crippen molar-refractivity contribution < 1.29 is 18.1 Å². The minimum atomic E-state index is 0.625. The molecule has 0 atom stereocenters. The molecule has 1 aromatic rings. The average molecular weight is 161 g/mol. The zero-order valence-corrected chi connectivity index (χ0v) is 7.25. The second kappa shape index (κ2) is 6.43. The van der Waals surface area contributed by atoms with Crippen LogP contribution >= 0.6 is 0 Å². The standard InChI is InChI=1S/C3H3N3.HN.Zn/c1-4-2-6-3-5-1;;/h1-3H;1H;. The zero-order valence-electron chi connectivity index (χ0n) is 4.28. The van der Waals surface area contributed by atoms with Crippen molar-refractivity contribution in [2.24, 2.45) is 0 Å². The van der Waals surface area contributed by atoms with Gasteiger partial charge in [-0.1, -0.05) is 0 Å². The van der Waals surface area contributed by atoms with Gasteiger partial charge in [0, 0.05) is 0 Å². The molecule has 0 amide bonds. The molecular weight excluding hydrogens is 157 g/mol. The van der Waals surface area contributed by atoms with Gasteiger partial charge in [0.1, 0.15) is 19.0 Å². The Morgan fingerprint density at radius 3 is 1.25 bits per heavy atom. The van der Waals surface area contributed by atoms with Crippen LogP contribution in [0.1, 0.15) is 0 Å². The van der Waals surface area contributed by atoms with Crippen LogP contribution in [0.3, 0.4) is 0 Å². The van der Waals surface area contributed by atoms with Gasteiger partial charge in [0.05, 0.1) is 0 Å². The van der Waals surface area contributed by atoms with Crippen LogP contribution < -0.4 is 0 Å². The van der Waals surface area contributed by atoms with Crippen molar-refractivity contribution in [2.45, 2.75) is 0 Å². The fraction of sp³-hybridized carbons (Fsp3) is 0. The van der Waals surface area contributed by atoms with Crippen LogP contribution in [0.15, 0.2) is 19.0 Å². The van der Waals surface area contributed by atoms with E-state index in [4.69, 9.17) is 4.10 Å². The summed E-state index contributed by atoms with van der Waals surface area (Å²) < 4.78 is 5.88. The van der Waals surface area contributed by atoms with Crippen molar-refractivity contribution >= 4 is 0 Å². The van der Waals surface area contributed by atoms with E-state index in [9.17, 15) is 0 Å². The van der Waals surface area contributed by atoms with Crippen molar-refractivity contribution in [1.82, 2.24) is 15.0 Å². The number of aromatic nitrogens is 3. The largest absolute Gasteiger partial charge is 0.225 e. The number of rotatable bonds is 0. The van der Waals surface area contributed by atoms with Gasteiger partial charge >= 0.3 is 22.2 Å². The Balaban J connectivity index is 0.000000222. The smallest absolute Gasteiger partial charge is 0.119 e. The molecule has 0 spiro atoms.